The van der Waals surface area contributed by atoms with Gasteiger partial charge >= 0.3 is 5.97 Å². The van der Waals surface area contributed by atoms with Gasteiger partial charge < -0.3 is 39.8 Å². The van der Waals surface area contributed by atoms with Crippen molar-refractivity contribution in [2.45, 2.75) is 6.61 Å². The van der Waals surface area contributed by atoms with E-state index in [9.17, 15) is 15.2 Å². The van der Waals surface area contributed by atoms with E-state index in [1.54, 1.807) is 6.07 Å². The molecule has 0 amide bonds. The lowest BCUT2D eigenvalue weighted by molar-refractivity contribution is 0.0696. The van der Waals surface area contributed by atoms with Crippen molar-refractivity contribution in [1.82, 2.24) is 4.98 Å². The van der Waals surface area contributed by atoms with Gasteiger partial charge in [0.2, 0.25) is 17.4 Å². The van der Waals surface area contributed by atoms with Crippen LogP contribution in [0.3, 0.4) is 0 Å². The molecule has 1 heterocycles. The van der Waals surface area contributed by atoms with Crippen LogP contribution in [0.5, 0.6) is 46.3 Å². The fourth-order valence-electron chi connectivity index (χ4n) is 4.22. The highest BCUT2D eigenvalue weighted by molar-refractivity contribution is 5.90. The van der Waals surface area contributed by atoms with E-state index in [4.69, 9.17) is 34.8 Å². The minimum Gasteiger partial charge on any atom is -0.493 e. The monoisotopic (exact) mass is 653 g/mol. The second kappa shape index (κ2) is 14.5. The topological polar surface area (TPSA) is 182 Å². The number of carboxylic acids is 1. The van der Waals surface area contributed by atoms with Crippen molar-refractivity contribution < 1.29 is 42.4 Å². The van der Waals surface area contributed by atoms with Gasteiger partial charge in [0, 0.05) is 17.8 Å². The Bertz CT molecular complexity index is 2040. The number of nitrogens with one attached hydrogen (secondary N) is 2. The highest BCUT2D eigenvalue weighted by Gasteiger charge is 2.28. The SMILES string of the molecule is COc1cc(C(=O)O)ccc1Oc1c(F)c(Oc2cccc(NC(=N)N)c2)nc(Oc2cc(C#N)ccc2OCc2ccccc2)c1F. The van der Waals surface area contributed by atoms with Gasteiger partial charge in [-0.2, -0.15) is 19.0 Å². The summed E-state index contributed by atoms with van der Waals surface area (Å²) in [7, 11) is 1.22. The molecule has 242 valence electrons. The molecule has 5 aromatic rings. The molecule has 0 unspecified atom stereocenters. The molecular weight excluding hydrogens is 628 g/mol. The number of methoxy groups -OCH3 is 1. The molecule has 0 aliphatic heterocycles. The molecular formula is C34H25F2N5O7. The Kier molecular flexibility index (Phi) is 9.81. The third-order valence-corrected chi connectivity index (χ3v) is 6.44. The number of nitriles is 1. The lowest BCUT2D eigenvalue weighted by Gasteiger charge is -2.17. The van der Waals surface area contributed by atoms with Gasteiger partial charge in [-0.3, -0.25) is 5.41 Å². The van der Waals surface area contributed by atoms with Crippen LogP contribution in [0, 0.1) is 28.4 Å². The summed E-state index contributed by atoms with van der Waals surface area (Å²) < 4.78 is 60.3. The Morgan fingerprint density at radius 2 is 1.62 bits per heavy atom. The number of hydrogen-bond donors (Lipinski definition) is 4. The van der Waals surface area contributed by atoms with Gasteiger partial charge in [-0.05, 0) is 48.0 Å². The molecule has 48 heavy (non-hydrogen) atoms. The van der Waals surface area contributed by atoms with Crippen molar-refractivity contribution in [3.8, 4) is 52.3 Å². The average Bonchev–Trinajstić information content (AvgIpc) is 3.08. The molecule has 4 aromatic carbocycles. The van der Waals surface area contributed by atoms with Gasteiger partial charge in [-0.15, -0.1) is 0 Å². The van der Waals surface area contributed by atoms with Crippen LogP contribution in [0.15, 0.2) is 91.0 Å². The Hall–Kier alpha value is -6.88. The highest BCUT2D eigenvalue weighted by atomic mass is 19.1. The second-order valence-corrected chi connectivity index (χ2v) is 9.77. The van der Waals surface area contributed by atoms with E-state index in [-0.39, 0.29) is 52.4 Å². The van der Waals surface area contributed by atoms with Crippen LogP contribution in [-0.2, 0) is 6.61 Å². The summed E-state index contributed by atoms with van der Waals surface area (Å²) in [4.78, 5) is 15.4. The Labute approximate surface area is 272 Å². The molecule has 5 N–H and O–H groups in total. The molecule has 0 radical (unpaired) electrons. The largest absolute Gasteiger partial charge is 0.493 e. The molecule has 0 saturated heterocycles. The van der Waals surface area contributed by atoms with Crippen molar-refractivity contribution in [3.63, 3.8) is 0 Å². The van der Waals surface area contributed by atoms with E-state index >= 15 is 8.78 Å². The van der Waals surface area contributed by atoms with Crippen molar-refractivity contribution >= 4 is 17.6 Å². The number of rotatable bonds is 12. The van der Waals surface area contributed by atoms with E-state index in [0.717, 1.165) is 23.8 Å². The van der Waals surface area contributed by atoms with Gasteiger partial charge in [0.1, 0.15) is 12.4 Å². The maximum absolute atomic E-state index is 16.1. The van der Waals surface area contributed by atoms with Gasteiger partial charge in [-0.1, -0.05) is 36.4 Å². The number of anilines is 1. The van der Waals surface area contributed by atoms with Crippen LogP contribution in [0.25, 0.3) is 0 Å². The highest BCUT2D eigenvalue weighted by Crippen LogP contribution is 2.43. The van der Waals surface area contributed by atoms with E-state index in [0.29, 0.717) is 5.69 Å². The van der Waals surface area contributed by atoms with Gasteiger partial charge in [0.15, 0.2) is 29.0 Å². The van der Waals surface area contributed by atoms with Crippen molar-refractivity contribution in [3.05, 3.63) is 119 Å². The van der Waals surface area contributed by atoms with Gasteiger partial charge in [0.05, 0.1) is 24.3 Å². The van der Waals surface area contributed by atoms with Crippen molar-refractivity contribution in [2.75, 3.05) is 12.4 Å². The number of hydrogen-bond acceptors (Lipinski definition) is 9. The lowest BCUT2D eigenvalue weighted by atomic mass is 10.2. The van der Waals surface area contributed by atoms with Crippen LogP contribution in [0.4, 0.5) is 14.5 Å². The molecule has 0 bridgehead atoms. The maximum atomic E-state index is 16.1. The fourth-order valence-corrected chi connectivity index (χ4v) is 4.22. The third kappa shape index (κ3) is 7.66. The minimum atomic E-state index is -1.41. The summed E-state index contributed by atoms with van der Waals surface area (Å²) in [5, 5.41) is 28.9. The maximum Gasteiger partial charge on any atom is 0.335 e. The van der Waals surface area contributed by atoms with Crippen LogP contribution >= 0.6 is 0 Å². The Morgan fingerprint density at radius 3 is 2.31 bits per heavy atom. The molecule has 0 fully saturated rings. The number of ether oxygens (including phenoxy) is 5. The summed E-state index contributed by atoms with van der Waals surface area (Å²) in [5.74, 6) is -7.45. The van der Waals surface area contributed by atoms with E-state index < -0.39 is 35.1 Å². The first kappa shape index (κ1) is 32.5. The normalized spacial score (nSPS) is 10.4. The summed E-state index contributed by atoms with van der Waals surface area (Å²) >= 11 is 0. The third-order valence-electron chi connectivity index (χ3n) is 6.44. The number of aromatic carboxylic acids is 1. The van der Waals surface area contributed by atoms with Gasteiger partial charge in [-0.25, -0.2) is 4.79 Å². The fraction of sp³-hybridized carbons (Fsp3) is 0.0588. The van der Waals surface area contributed by atoms with Crippen LogP contribution in [0.2, 0.25) is 0 Å². The van der Waals surface area contributed by atoms with Gasteiger partial charge in [0.25, 0.3) is 11.8 Å². The van der Waals surface area contributed by atoms with Crippen LogP contribution < -0.4 is 34.7 Å². The number of carboxylic acid groups (broad SMARTS) is 1. The summed E-state index contributed by atoms with van der Waals surface area (Å²) in [6, 6.07) is 24.7. The first-order valence-corrected chi connectivity index (χ1v) is 13.9. The molecule has 12 nitrogen and oxygen atoms in total. The zero-order valence-electron chi connectivity index (χ0n) is 25.0. The molecule has 0 saturated carbocycles. The zero-order chi connectivity index (χ0) is 34.2. The Morgan fingerprint density at radius 1 is 0.896 bits per heavy atom. The number of carbonyl (C=O) groups is 1. The minimum absolute atomic E-state index is 0.0120. The molecule has 1 aromatic heterocycles. The van der Waals surface area contributed by atoms with Crippen molar-refractivity contribution in [2.24, 2.45) is 5.73 Å². The molecule has 0 aliphatic carbocycles. The standard InChI is InChI=1S/C34H25F2N5O7/c1-44-26-15-21(33(42)43)11-13-25(26)47-30-28(35)31(46-23-9-5-8-22(16-23)40-34(38)39)41-32(29(30)36)48-27-14-20(17-37)10-12-24(27)45-18-19-6-3-2-4-7-19/h2-16H,18H2,1H3,(H,42,43)(H4,38,39,40). The molecule has 0 atom stereocenters. The zero-order valence-corrected chi connectivity index (χ0v) is 25.0. The van der Waals surface area contributed by atoms with Crippen LogP contribution in [-0.4, -0.2) is 29.1 Å². The quantitative estimate of drug-likeness (QED) is 0.0789. The van der Waals surface area contributed by atoms with E-state index in [1.165, 1.54) is 43.5 Å². The number of guanidine groups is 1. The van der Waals surface area contributed by atoms with E-state index in [1.807, 2.05) is 36.4 Å². The predicted molar refractivity (Wildman–Crippen MR) is 168 cm³/mol. The lowest BCUT2D eigenvalue weighted by Crippen LogP contribution is -2.20. The van der Waals surface area contributed by atoms with E-state index in [2.05, 4.69) is 10.3 Å². The molecule has 14 heteroatoms. The van der Waals surface area contributed by atoms with Crippen molar-refractivity contribution in [1.29, 1.82) is 10.7 Å². The summed E-state index contributed by atoms with van der Waals surface area (Å²) in [5.41, 5.74) is 6.52. The van der Waals surface area contributed by atoms with Crippen LogP contribution in [0.1, 0.15) is 21.5 Å². The number of pyridine rings is 1. The second-order valence-electron chi connectivity index (χ2n) is 9.77. The predicted octanol–water partition coefficient (Wildman–Crippen LogP) is 7.20. The molecule has 5 rings (SSSR count). The molecule has 0 aliphatic rings. The number of halogens is 2. The number of nitrogens with zero attached hydrogens (tertiary/aromatic N) is 2. The number of benzene rings is 4. The first-order chi connectivity index (χ1) is 23.1. The summed E-state index contributed by atoms with van der Waals surface area (Å²) in [6.07, 6.45) is 0. The average molecular weight is 654 g/mol. The Balaban J connectivity index is 1.59. The summed E-state index contributed by atoms with van der Waals surface area (Å²) in [6.45, 7) is 0.0991. The smallest absolute Gasteiger partial charge is 0.335 e. The number of aromatic nitrogens is 1. The number of nitrogens with two attached hydrogens (primary N) is 1. The first-order valence-electron chi connectivity index (χ1n) is 13.9. The molecule has 0 spiro atoms.